The first kappa shape index (κ1) is 16.5. The first-order valence-electron chi connectivity index (χ1n) is 5.71. The van der Waals surface area contributed by atoms with Crippen molar-refractivity contribution >= 4 is 44.9 Å². The number of anilines is 1. The van der Waals surface area contributed by atoms with Crippen LogP contribution in [0.25, 0.3) is 0 Å². The van der Waals surface area contributed by atoms with Crippen LogP contribution >= 0.6 is 23.2 Å². The summed E-state index contributed by atoms with van der Waals surface area (Å²) in [6.07, 6.45) is 0. The molecule has 0 aromatic heterocycles. The maximum absolute atomic E-state index is 13.0. The minimum atomic E-state index is -4.19. The number of halogens is 3. The van der Waals surface area contributed by atoms with Crippen molar-refractivity contribution in [3.63, 3.8) is 0 Å². The number of carboxylic acids is 1. The molecule has 9 heteroatoms. The fourth-order valence-electron chi connectivity index (χ4n) is 1.61. The highest BCUT2D eigenvalue weighted by Crippen LogP contribution is 2.28. The van der Waals surface area contributed by atoms with Crippen molar-refractivity contribution in [2.75, 3.05) is 4.72 Å². The van der Waals surface area contributed by atoms with Gasteiger partial charge in [-0.15, -0.1) is 0 Å². The van der Waals surface area contributed by atoms with Gasteiger partial charge in [0.05, 0.1) is 21.3 Å². The third-order valence-corrected chi connectivity index (χ3v) is 4.80. The average Bonchev–Trinajstić information content (AvgIpc) is 2.42. The Balaban J connectivity index is 2.46. The van der Waals surface area contributed by atoms with E-state index in [9.17, 15) is 17.6 Å². The van der Waals surface area contributed by atoms with E-state index in [0.717, 1.165) is 30.3 Å². The van der Waals surface area contributed by atoms with Gasteiger partial charge in [-0.1, -0.05) is 23.2 Å². The second-order valence-corrected chi connectivity index (χ2v) is 6.65. The van der Waals surface area contributed by atoms with Crippen molar-refractivity contribution < 1.29 is 22.7 Å². The molecule has 5 nitrogen and oxygen atoms in total. The van der Waals surface area contributed by atoms with Crippen LogP contribution < -0.4 is 4.72 Å². The molecule has 0 aliphatic rings. The van der Waals surface area contributed by atoms with Gasteiger partial charge in [0, 0.05) is 0 Å². The van der Waals surface area contributed by atoms with E-state index in [4.69, 9.17) is 28.3 Å². The fourth-order valence-corrected chi connectivity index (χ4v) is 3.49. The summed E-state index contributed by atoms with van der Waals surface area (Å²) in [4.78, 5) is 10.5. The molecule has 0 radical (unpaired) electrons. The predicted octanol–water partition coefficient (Wildman–Crippen LogP) is 3.63. The fraction of sp³-hybridized carbons (Fsp3) is 0. The van der Waals surface area contributed by atoms with Crippen LogP contribution in [-0.4, -0.2) is 19.5 Å². The first-order chi connectivity index (χ1) is 10.2. The molecule has 0 bridgehead atoms. The number of nitrogens with one attached hydrogen (secondary N) is 1. The Morgan fingerprint density at radius 2 is 1.77 bits per heavy atom. The minimum Gasteiger partial charge on any atom is -0.478 e. The van der Waals surface area contributed by atoms with Gasteiger partial charge >= 0.3 is 5.97 Å². The smallest absolute Gasteiger partial charge is 0.335 e. The molecule has 0 aliphatic carbocycles. The van der Waals surface area contributed by atoms with Gasteiger partial charge in [0.2, 0.25) is 0 Å². The van der Waals surface area contributed by atoms with E-state index in [1.807, 2.05) is 0 Å². The first-order valence-corrected chi connectivity index (χ1v) is 7.95. The van der Waals surface area contributed by atoms with Crippen LogP contribution in [0.4, 0.5) is 10.1 Å². The molecule has 0 saturated heterocycles. The number of rotatable bonds is 4. The second kappa shape index (κ2) is 6.12. The number of carboxylic acid groups (broad SMARTS) is 1. The molecule has 0 unspecified atom stereocenters. The normalized spacial score (nSPS) is 11.2. The summed E-state index contributed by atoms with van der Waals surface area (Å²) >= 11 is 11.6. The molecule has 0 amide bonds. The van der Waals surface area contributed by atoms with Gasteiger partial charge in [0.15, 0.2) is 0 Å². The molecule has 0 spiro atoms. The van der Waals surface area contributed by atoms with Gasteiger partial charge in [-0.3, -0.25) is 4.72 Å². The average molecular weight is 364 g/mol. The molecular formula is C13H8Cl2FNO4S. The number of hydrogen-bond donors (Lipinski definition) is 2. The Morgan fingerprint density at radius 1 is 1.09 bits per heavy atom. The van der Waals surface area contributed by atoms with E-state index < -0.39 is 26.7 Å². The van der Waals surface area contributed by atoms with Crippen LogP contribution in [0, 0.1) is 5.82 Å². The van der Waals surface area contributed by atoms with Crippen LogP contribution in [0.1, 0.15) is 10.4 Å². The topological polar surface area (TPSA) is 83.5 Å². The SMILES string of the molecule is O=C(O)c1ccc(Cl)c(S(=O)(=O)Nc2ccc(F)cc2Cl)c1. The molecule has 2 aromatic carbocycles. The van der Waals surface area contributed by atoms with Crippen LogP contribution in [0.3, 0.4) is 0 Å². The quantitative estimate of drug-likeness (QED) is 0.868. The number of benzene rings is 2. The van der Waals surface area contributed by atoms with Gasteiger partial charge in [-0.2, -0.15) is 0 Å². The summed E-state index contributed by atoms with van der Waals surface area (Å²) in [6, 6.07) is 6.36. The highest BCUT2D eigenvalue weighted by Gasteiger charge is 2.21. The molecule has 2 N–H and O–H groups in total. The second-order valence-electron chi connectivity index (χ2n) is 4.18. The van der Waals surface area contributed by atoms with Crippen LogP contribution in [-0.2, 0) is 10.0 Å². The van der Waals surface area contributed by atoms with E-state index in [2.05, 4.69) is 4.72 Å². The molecular weight excluding hydrogens is 356 g/mol. The molecule has 0 saturated carbocycles. The predicted molar refractivity (Wildman–Crippen MR) is 80.6 cm³/mol. The van der Waals surface area contributed by atoms with Crippen molar-refractivity contribution in [2.45, 2.75) is 4.90 Å². The Kier molecular flexibility index (Phi) is 4.60. The van der Waals surface area contributed by atoms with Crippen LogP contribution in [0.2, 0.25) is 10.0 Å². The highest BCUT2D eigenvalue weighted by atomic mass is 35.5. The van der Waals surface area contributed by atoms with E-state index in [1.54, 1.807) is 0 Å². The summed E-state index contributed by atoms with van der Waals surface area (Å²) in [5.41, 5.74) is -0.296. The highest BCUT2D eigenvalue weighted by molar-refractivity contribution is 7.92. The Bertz CT molecular complexity index is 855. The lowest BCUT2D eigenvalue weighted by Gasteiger charge is -2.11. The molecule has 0 heterocycles. The minimum absolute atomic E-state index is 0.0557. The molecule has 2 rings (SSSR count). The Labute approximate surface area is 135 Å². The number of sulfonamides is 1. The standard InChI is InChI=1S/C13H8Cl2FNO4S/c14-9-3-1-7(13(18)19)5-12(9)22(20,21)17-11-4-2-8(16)6-10(11)15/h1-6,17H,(H,18,19). The number of carbonyl (C=O) groups is 1. The maximum Gasteiger partial charge on any atom is 0.335 e. The van der Waals surface area contributed by atoms with E-state index in [0.29, 0.717) is 0 Å². The zero-order chi connectivity index (χ0) is 16.5. The lowest BCUT2D eigenvalue weighted by molar-refractivity contribution is 0.0696. The molecule has 2 aromatic rings. The Morgan fingerprint density at radius 3 is 2.36 bits per heavy atom. The summed E-state index contributed by atoms with van der Waals surface area (Å²) in [5.74, 6) is -1.92. The van der Waals surface area contributed by atoms with Gasteiger partial charge in [0.25, 0.3) is 10.0 Å². The van der Waals surface area contributed by atoms with Crippen molar-refractivity contribution in [3.05, 3.63) is 57.8 Å². The lowest BCUT2D eigenvalue weighted by Crippen LogP contribution is -2.14. The number of hydrogen-bond acceptors (Lipinski definition) is 3. The van der Waals surface area contributed by atoms with E-state index >= 15 is 0 Å². The van der Waals surface area contributed by atoms with E-state index in [-0.39, 0.29) is 21.3 Å². The summed E-state index contributed by atoms with van der Waals surface area (Å²) in [6.45, 7) is 0. The summed E-state index contributed by atoms with van der Waals surface area (Å²) < 4.78 is 39.7. The maximum atomic E-state index is 13.0. The Hall–Kier alpha value is -1.83. The van der Waals surface area contributed by atoms with Crippen molar-refractivity contribution in [2.24, 2.45) is 0 Å². The lowest BCUT2D eigenvalue weighted by atomic mass is 10.2. The van der Waals surface area contributed by atoms with Crippen molar-refractivity contribution in [1.82, 2.24) is 0 Å². The number of aromatic carboxylic acids is 1. The van der Waals surface area contributed by atoms with Crippen LogP contribution in [0.5, 0.6) is 0 Å². The molecule has 0 atom stereocenters. The summed E-state index contributed by atoms with van der Waals surface area (Å²) in [7, 11) is -4.19. The third-order valence-electron chi connectivity index (χ3n) is 2.64. The van der Waals surface area contributed by atoms with Gasteiger partial charge in [0.1, 0.15) is 10.7 Å². The molecule has 116 valence electrons. The largest absolute Gasteiger partial charge is 0.478 e. The monoisotopic (exact) mass is 363 g/mol. The zero-order valence-electron chi connectivity index (χ0n) is 10.7. The molecule has 0 fully saturated rings. The van der Waals surface area contributed by atoms with E-state index in [1.165, 1.54) is 6.07 Å². The third kappa shape index (κ3) is 3.49. The summed E-state index contributed by atoms with van der Waals surface area (Å²) in [5, 5.41) is 8.61. The molecule has 0 aliphatic heterocycles. The van der Waals surface area contributed by atoms with Gasteiger partial charge < -0.3 is 5.11 Å². The van der Waals surface area contributed by atoms with Gasteiger partial charge in [-0.05, 0) is 36.4 Å². The zero-order valence-corrected chi connectivity index (χ0v) is 13.0. The van der Waals surface area contributed by atoms with Crippen molar-refractivity contribution in [3.8, 4) is 0 Å². The van der Waals surface area contributed by atoms with Gasteiger partial charge in [-0.25, -0.2) is 17.6 Å². The van der Waals surface area contributed by atoms with Crippen molar-refractivity contribution in [1.29, 1.82) is 0 Å². The molecule has 22 heavy (non-hydrogen) atoms. The van der Waals surface area contributed by atoms with Crippen LogP contribution in [0.15, 0.2) is 41.3 Å².